The van der Waals surface area contributed by atoms with Crippen molar-refractivity contribution >= 4 is 14.5 Å². The molecule has 0 aromatic rings. The van der Waals surface area contributed by atoms with E-state index in [4.69, 9.17) is 0 Å². The molecule has 0 rings (SSSR count). The summed E-state index contributed by atoms with van der Waals surface area (Å²) in [5, 5.41) is 0. The summed E-state index contributed by atoms with van der Waals surface area (Å²) < 4.78 is 0. The van der Waals surface area contributed by atoms with Gasteiger partial charge in [0.1, 0.15) is 0 Å². The Hall–Kier alpha value is 0.170. The first-order chi connectivity index (χ1) is 5.20. The molecule has 0 saturated carbocycles. The highest BCUT2D eigenvalue weighted by atomic mass is 31.1. The minimum absolute atomic E-state index is 0.855. The van der Waals surface area contributed by atoms with E-state index in [1.807, 2.05) is 0 Å². The molecule has 0 aromatic heterocycles. The zero-order valence-electron chi connectivity index (χ0n) is 8.14. The Labute approximate surface area is 73.2 Å². The van der Waals surface area contributed by atoms with Gasteiger partial charge in [-0.15, -0.1) is 8.20 Å². The Morgan fingerprint density at radius 2 is 2.00 bits per heavy atom. The van der Waals surface area contributed by atoms with Crippen LogP contribution >= 0.6 is 8.20 Å². The van der Waals surface area contributed by atoms with Gasteiger partial charge in [-0.3, -0.25) is 0 Å². The summed E-state index contributed by atoms with van der Waals surface area (Å²) in [6.45, 7) is 6.89. The molecular weight excluding hydrogens is 151 g/mol. The van der Waals surface area contributed by atoms with Gasteiger partial charge in [0, 0.05) is 0 Å². The lowest BCUT2D eigenvalue weighted by Crippen LogP contribution is -2.05. The van der Waals surface area contributed by atoms with E-state index in [-0.39, 0.29) is 0 Å². The summed E-state index contributed by atoms with van der Waals surface area (Å²) >= 11 is 0. The molecule has 0 heterocycles. The SMILES string of the molecule is C=PCC(CCC)CC(C)C. The van der Waals surface area contributed by atoms with E-state index in [1.54, 1.807) is 0 Å². The molecule has 0 radical (unpaired) electrons. The van der Waals surface area contributed by atoms with Gasteiger partial charge >= 0.3 is 0 Å². The zero-order chi connectivity index (χ0) is 8.69. The van der Waals surface area contributed by atoms with Crippen molar-refractivity contribution in [2.45, 2.75) is 40.0 Å². The molecule has 66 valence electrons. The van der Waals surface area contributed by atoms with Gasteiger partial charge in [-0.05, 0) is 24.4 Å². The fourth-order valence-corrected chi connectivity index (χ4v) is 2.24. The predicted octanol–water partition coefficient (Wildman–Crippen LogP) is 3.83. The molecule has 0 spiro atoms. The number of rotatable bonds is 6. The maximum atomic E-state index is 3.89. The maximum Gasteiger partial charge on any atom is -0.00834 e. The van der Waals surface area contributed by atoms with Crippen LogP contribution in [0.5, 0.6) is 0 Å². The van der Waals surface area contributed by atoms with Crippen molar-refractivity contribution in [1.29, 1.82) is 0 Å². The Balaban J connectivity index is 3.58. The third-order valence-corrected chi connectivity index (χ3v) is 2.66. The van der Waals surface area contributed by atoms with Crippen LogP contribution in [0.1, 0.15) is 40.0 Å². The Kier molecular flexibility index (Phi) is 6.96. The zero-order valence-corrected chi connectivity index (χ0v) is 9.03. The number of hydrogen-bond donors (Lipinski definition) is 0. The van der Waals surface area contributed by atoms with E-state index >= 15 is 0 Å². The fraction of sp³-hybridized carbons (Fsp3) is 0.900. The molecule has 0 aliphatic carbocycles. The smallest absolute Gasteiger partial charge is 0.00834 e. The monoisotopic (exact) mass is 172 g/mol. The standard InChI is InChI=1S/C10H21P/c1-5-6-10(8-11-4)7-9(2)3/h9-10H,4-8H2,1-3H3. The third-order valence-electron chi connectivity index (χ3n) is 1.89. The lowest BCUT2D eigenvalue weighted by atomic mass is 9.95. The number of hydrogen-bond acceptors (Lipinski definition) is 0. The van der Waals surface area contributed by atoms with Crippen molar-refractivity contribution in [2.24, 2.45) is 11.8 Å². The first-order valence-electron chi connectivity index (χ1n) is 4.63. The molecular formula is C10H21P. The minimum atomic E-state index is 0.855. The van der Waals surface area contributed by atoms with Crippen molar-refractivity contribution in [2.75, 3.05) is 6.16 Å². The third kappa shape index (κ3) is 6.56. The molecule has 0 aliphatic heterocycles. The average molecular weight is 172 g/mol. The molecule has 0 bridgehead atoms. The predicted molar refractivity (Wildman–Crippen MR) is 56.8 cm³/mol. The summed E-state index contributed by atoms with van der Waals surface area (Å²) in [6, 6.07) is 0. The van der Waals surface area contributed by atoms with E-state index in [0.717, 1.165) is 11.8 Å². The van der Waals surface area contributed by atoms with Crippen LogP contribution in [-0.4, -0.2) is 12.5 Å². The molecule has 1 atom stereocenters. The van der Waals surface area contributed by atoms with Gasteiger partial charge < -0.3 is 0 Å². The summed E-state index contributed by atoms with van der Waals surface area (Å²) in [5.74, 6) is 1.78. The average Bonchev–Trinajstić information content (AvgIpc) is 1.87. The van der Waals surface area contributed by atoms with E-state index in [0.29, 0.717) is 0 Å². The van der Waals surface area contributed by atoms with Gasteiger partial charge in [0.2, 0.25) is 0 Å². The summed E-state index contributed by atoms with van der Waals surface area (Å²) in [4.78, 5) is 0. The van der Waals surface area contributed by atoms with Gasteiger partial charge in [-0.25, -0.2) is 0 Å². The molecule has 1 unspecified atom stereocenters. The van der Waals surface area contributed by atoms with E-state index < -0.39 is 0 Å². The molecule has 0 nitrogen and oxygen atoms in total. The van der Waals surface area contributed by atoms with Gasteiger partial charge in [-0.1, -0.05) is 39.9 Å². The van der Waals surface area contributed by atoms with E-state index in [1.165, 1.54) is 33.6 Å². The van der Waals surface area contributed by atoms with Crippen LogP contribution in [0.25, 0.3) is 0 Å². The van der Waals surface area contributed by atoms with Gasteiger partial charge in [0.05, 0.1) is 0 Å². The Bertz CT molecular complexity index is 97.0. The van der Waals surface area contributed by atoms with Crippen LogP contribution in [0.3, 0.4) is 0 Å². The summed E-state index contributed by atoms with van der Waals surface area (Å²) in [6.07, 6.45) is 9.29. The molecule has 0 aromatic carbocycles. The fourth-order valence-electron chi connectivity index (χ4n) is 1.54. The second kappa shape index (κ2) is 6.85. The highest BCUT2D eigenvalue weighted by molar-refractivity contribution is 7.36. The largest absolute Gasteiger partial charge is 0.112 e. The maximum absolute atomic E-state index is 3.89. The van der Waals surface area contributed by atoms with Crippen molar-refractivity contribution in [1.82, 2.24) is 0 Å². The summed E-state index contributed by atoms with van der Waals surface area (Å²) in [7, 11) is 1.32. The molecule has 0 fully saturated rings. The molecule has 0 N–H and O–H groups in total. The summed E-state index contributed by atoms with van der Waals surface area (Å²) in [5.41, 5.74) is 0. The molecule has 0 saturated heterocycles. The van der Waals surface area contributed by atoms with E-state index in [9.17, 15) is 0 Å². The second-order valence-corrected chi connectivity index (χ2v) is 4.50. The lowest BCUT2D eigenvalue weighted by molar-refractivity contribution is 0.417. The Morgan fingerprint density at radius 1 is 1.36 bits per heavy atom. The van der Waals surface area contributed by atoms with Crippen LogP contribution in [-0.2, 0) is 0 Å². The quantitative estimate of drug-likeness (QED) is 0.534. The first-order valence-corrected chi connectivity index (χ1v) is 5.89. The van der Waals surface area contributed by atoms with Gasteiger partial charge in [0.25, 0.3) is 0 Å². The van der Waals surface area contributed by atoms with Crippen LogP contribution in [0.2, 0.25) is 0 Å². The van der Waals surface area contributed by atoms with Crippen LogP contribution in [0.4, 0.5) is 0 Å². The molecule has 11 heavy (non-hydrogen) atoms. The molecule has 1 heteroatoms. The normalized spacial score (nSPS) is 14.2. The highest BCUT2D eigenvalue weighted by Crippen LogP contribution is 2.20. The Morgan fingerprint density at radius 3 is 2.36 bits per heavy atom. The minimum Gasteiger partial charge on any atom is -0.112 e. The van der Waals surface area contributed by atoms with E-state index in [2.05, 4.69) is 27.1 Å². The molecule has 0 amide bonds. The van der Waals surface area contributed by atoms with Crippen LogP contribution < -0.4 is 0 Å². The molecule has 0 aliphatic rings. The lowest BCUT2D eigenvalue weighted by Gasteiger charge is -2.15. The van der Waals surface area contributed by atoms with Gasteiger partial charge in [0.15, 0.2) is 0 Å². The van der Waals surface area contributed by atoms with Crippen LogP contribution in [0.15, 0.2) is 0 Å². The first kappa shape index (κ1) is 11.2. The van der Waals surface area contributed by atoms with Crippen molar-refractivity contribution in [3.05, 3.63) is 0 Å². The van der Waals surface area contributed by atoms with Gasteiger partial charge in [-0.2, -0.15) is 0 Å². The van der Waals surface area contributed by atoms with Crippen LogP contribution in [0, 0.1) is 11.8 Å². The topological polar surface area (TPSA) is 0 Å². The second-order valence-electron chi connectivity index (χ2n) is 3.69. The van der Waals surface area contributed by atoms with Crippen molar-refractivity contribution in [3.8, 4) is 0 Å². The highest BCUT2D eigenvalue weighted by Gasteiger charge is 2.07. The van der Waals surface area contributed by atoms with Crippen molar-refractivity contribution in [3.63, 3.8) is 0 Å². The van der Waals surface area contributed by atoms with Crippen molar-refractivity contribution < 1.29 is 0 Å².